The fourth-order valence-electron chi connectivity index (χ4n) is 3.35. The van der Waals surface area contributed by atoms with E-state index in [4.69, 9.17) is 5.26 Å². The Morgan fingerprint density at radius 1 is 1.47 bits per heavy atom. The highest BCUT2D eigenvalue weighted by atomic mass is 16.1. The summed E-state index contributed by atoms with van der Waals surface area (Å²) in [6.07, 6.45) is 4.33. The summed E-state index contributed by atoms with van der Waals surface area (Å²) in [4.78, 5) is 12.0. The number of allylic oxidation sites excluding steroid dienone is 2. The van der Waals surface area contributed by atoms with Gasteiger partial charge in [-0.3, -0.25) is 4.79 Å². The molecule has 0 bridgehead atoms. The van der Waals surface area contributed by atoms with Crippen LogP contribution in [-0.4, -0.2) is 5.78 Å². The van der Waals surface area contributed by atoms with Crippen molar-refractivity contribution in [3.8, 4) is 6.07 Å². The van der Waals surface area contributed by atoms with Crippen LogP contribution in [0.15, 0.2) is 11.6 Å². The van der Waals surface area contributed by atoms with Gasteiger partial charge in [0.25, 0.3) is 0 Å². The lowest BCUT2D eigenvalue weighted by Crippen LogP contribution is -2.39. The number of hydrogen-bond donors (Lipinski definition) is 0. The molecule has 0 heterocycles. The highest BCUT2D eigenvalue weighted by molar-refractivity contribution is 5.98. The standard InChI is InChI=1S/C13H17NO/c1-12(2)6-11(15)10-5-4-9(7-14)13(10,3)8-12/h5,9H,4,6,8H2,1-3H3/t9-,13-/m1/s1. The van der Waals surface area contributed by atoms with Crippen molar-refractivity contribution < 1.29 is 4.79 Å². The van der Waals surface area contributed by atoms with E-state index in [9.17, 15) is 4.79 Å². The third-order valence-corrected chi connectivity index (χ3v) is 3.88. The quantitative estimate of drug-likeness (QED) is 0.607. The summed E-state index contributed by atoms with van der Waals surface area (Å²) in [5.74, 6) is 0.252. The average molecular weight is 203 g/mol. The Balaban J connectivity index is 2.42. The van der Waals surface area contributed by atoms with Crippen molar-refractivity contribution in [2.75, 3.05) is 0 Å². The number of carbonyl (C=O) groups excluding carboxylic acids is 1. The van der Waals surface area contributed by atoms with Crippen LogP contribution in [-0.2, 0) is 4.79 Å². The maximum Gasteiger partial charge on any atom is 0.159 e. The second-order valence-corrected chi connectivity index (χ2v) is 5.89. The minimum Gasteiger partial charge on any atom is -0.295 e. The van der Waals surface area contributed by atoms with Gasteiger partial charge in [-0.25, -0.2) is 0 Å². The Morgan fingerprint density at radius 2 is 2.13 bits per heavy atom. The number of hydrogen-bond acceptors (Lipinski definition) is 2. The Hall–Kier alpha value is -1.10. The van der Waals surface area contributed by atoms with E-state index in [2.05, 4.69) is 26.8 Å². The normalized spacial score (nSPS) is 38.1. The Labute approximate surface area is 91.0 Å². The lowest BCUT2D eigenvalue weighted by Gasteiger charge is -2.43. The van der Waals surface area contributed by atoms with Gasteiger partial charge in [-0.05, 0) is 23.8 Å². The molecule has 0 aromatic rings. The third kappa shape index (κ3) is 1.42. The summed E-state index contributed by atoms with van der Waals surface area (Å²) in [5.41, 5.74) is 0.782. The number of fused-ring (bicyclic) bond motifs is 1. The molecule has 2 heteroatoms. The van der Waals surface area contributed by atoms with E-state index in [0.717, 1.165) is 18.4 Å². The molecule has 0 amide bonds. The van der Waals surface area contributed by atoms with Crippen LogP contribution in [0, 0.1) is 28.1 Å². The molecular formula is C13H17NO. The van der Waals surface area contributed by atoms with E-state index in [0.29, 0.717) is 6.42 Å². The van der Waals surface area contributed by atoms with Gasteiger partial charge in [0.05, 0.1) is 12.0 Å². The van der Waals surface area contributed by atoms with Crippen LogP contribution in [0.1, 0.15) is 40.0 Å². The summed E-state index contributed by atoms with van der Waals surface area (Å²) in [7, 11) is 0. The summed E-state index contributed by atoms with van der Waals surface area (Å²) in [6.45, 7) is 6.33. The van der Waals surface area contributed by atoms with E-state index >= 15 is 0 Å². The van der Waals surface area contributed by atoms with Crippen molar-refractivity contribution in [3.05, 3.63) is 11.6 Å². The van der Waals surface area contributed by atoms with Crippen LogP contribution in [0.25, 0.3) is 0 Å². The third-order valence-electron chi connectivity index (χ3n) is 3.88. The van der Waals surface area contributed by atoms with E-state index in [1.165, 1.54) is 0 Å². The molecule has 0 unspecified atom stereocenters. The van der Waals surface area contributed by atoms with Crippen molar-refractivity contribution in [1.82, 2.24) is 0 Å². The zero-order valence-corrected chi connectivity index (χ0v) is 9.63. The molecule has 1 saturated carbocycles. The van der Waals surface area contributed by atoms with Crippen LogP contribution >= 0.6 is 0 Å². The minimum absolute atomic E-state index is 0.00368. The molecular weight excluding hydrogens is 186 g/mol. The molecule has 0 aliphatic heterocycles. The summed E-state index contributed by atoms with van der Waals surface area (Å²) in [5, 5.41) is 9.13. The van der Waals surface area contributed by atoms with Crippen molar-refractivity contribution in [2.45, 2.75) is 40.0 Å². The predicted molar refractivity (Wildman–Crippen MR) is 57.9 cm³/mol. The molecule has 0 aromatic carbocycles. The van der Waals surface area contributed by atoms with Gasteiger partial charge < -0.3 is 0 Å². The van der Waals surface area contributed by atoms with Gasteiger partial charge in [0, 0.05) is 11.8 Å². The molecule has 1 fully saturated rings. The molecule has 2 nitrogen and oxygen atoms in total. The van der Waals surface area contributed by atoms with Crippen molar-refractivity contribution in [3.63, 3.8) is 0 Å². The van der Waals surface area contributed by atoms with Crippen LogP contribution in [0.3, 0.4) is 0 Å². The number of Topliss-reactive ketones (excluding diaryl/α,β-unsaturated/α-hetero) is 1. The molecule has 80 valence electrons. The Bertz CT molecular complexity index is 386. The number of carbonyl (C=O) groups is 1. The molecule has 0 spiro atoms. The van der Waals surface area contributed by atoms with Crippen molar-refractivity contribution in [1.29, 1.82) is 5.26 Å². The van der Waals surface area contributed by atoms with E-state index in [-0.39, 0.29) is 22.5 Å². The number of ketones is 1. The van der Waals surface area contributed by atoms with Gasteiger partial charge >= 0.3 is 0 Å². The van der Waals surface area contributed by atoms with Gasteiger partial charge in [-0.1, -0.05) is 26.8 Å². The van der Waals surface area contributed by atoms with Gasteiger partial charge in [-0.2, -0.15) is 5.26 Å². The lowest BCUT2D eigenvalue weighted by atomic mass is 9.59. The number of rotatable bonds is 0. The first-order valence-electron chi connectivity index (χ1n) is 5.52. The molecule has 0 N–H and O–H groups in total. The lowest BCUT2D eigenvalue weighted by molar-refractivity contribution is -0.121. The Kier molecular flexibility index (Phi) is 2.05. The highest BCUT2D eigenvalue weighted by Crippen LogP contribution is 2.55. The smallest absolute Gasteiger partial charge is 0.159 e. The maximum atomic E-state index is 12.0. The molecule has 0 radical (unpaired) electrons. The fourth-order valence-corrected chi connectivity index (χ4v) is 3.35. The van der Waals surface area contributed by atoms with Crippen LogP contribution in [0.4, 0.5) is 0 Å². The van der Waals surface area contributed by atoms with E-state index in [1.807, 2.05) is 6.08 Å². The largest absolute Gasteiger partial charge is 0.295 e. The zero-order chi connectivity index (χ0) is 11.3. The average Bonchev–Trinajstić information content (AvgIpc) is 2.38. The molecule has 2 aliphatic carbocycles. The molecule has 2 aliphatic rings. The second kappa shape index (κ2) is 2.95. The Morgan fingerprint density at radius 3 is 2.73 bits per heavy atom. The molecule has 2 atom stereocenters. The molecule has 2 rings (SSSR count). The molecule has 0 saturated heterocycles. The molecule has 15 heavy (non-hydrogen) atoms. The monoisotopic (exact) mass is 203 g/mol. The van der Waals surface area contributed by atoms with Crippen molar-refractivity contribution >= 4 is 5.78 Å². The second-order valence-electron chi connectivity index (χ2n) is 5.89. The SMILES string of the molecule is CC1(C)CC(=O)C2=CC[C@H](C#N)[C@@]2(C)C1. The van der Waals surface area contributed by atoms with E-state index in [1.54, 1.807) is 0 Å². The maximum absolute atomic E-state index is 12.0. The highest BCUT2D eigenvalue weighted by Gasteiger charge is 2.51. The first-order chi connectivity index (χ1) is 6.89. The number of nitrogens with zero attached hydrogens (tertiary/aromatic N) is 1. The van der Waals surface area contributed by atoms with Gasteiger partial charge in [0.2, 0.25) is 0 Å². The van der Waals surface area contributed by atoms with E-state index < -0.39 is 0 Å². The first kappa shape index (κ1) is 10.4. The summed E-state index contributed by atoms with van der Waals surface area (Å²) < 4.78 is 0. The zero-order valence-electron chi connectivity index (χ0n) is 9.63. The minimum atomic E-state index is -0.187. The topological polar surface area (TPSA) is 40.9 Å². The molecule has 0 aromatic heterocycles. The van der Waals surface area contributed by atoms with Crippen LogP contribution in [0.5, 0.6) is 0 Å². The summed E-state index contributed by atoms with van der Waals surface area (Å²) >= 11 is 0. The van der Waals surface area contributed by atoms with Crippen LogP contribution < -0.4 is 0 Å². The van der Waals surface area contributed by atoms with Crippen molar-refractivity contribution in [2.24, 2.45) is 16.7 Å². The van der Waals surface area contributed by atoms with Gasteiger partial charge in [0.15, 0.2) is 5.78 Å². The first-order valence-corrected chi connectivity index (χ1v) is 5.52. The summed E-state index contributed by atoms with van der Waals surface area (Å²) in [6, 6.07) is 2.36. The predicted octanol–water partition coefficient (Wildman–Crippen LogP) is 2.85. The number of nitriles is 1. The fraction of sp³-hybridized carbons (Fsp3) is 0.692. The van der Waals surface area contributed by atoms with Crippen LogP contribution in [0.2, 0.25) is 0 Å². The van der Waals surface area contributed by atoms with Gasteiger partial charge in [0.1, 0.15) is 0 Å². The van der Waals surface area contributed by atoms with Gasteiger partial charge in [-0.15, -0.1) is 0 Å².